The first-order valence-corrected chi connectivity index (χ1v) is 4.67. The van der Waals surface area contributed by atoms with Gasteiger partial charge in [-0.1, -0.05) is 13.3 Å². The van der Waals surface area contributed by atoms with Crippen molar-refractivity contribution >= 4 is 5.97 Å². The van der Waals surface area contributed by atoms with Crippen molar-refractivity contribution in [2.75, 3.05) is 19.7 Å². The maximum Gasteiger partial charge on any atom is 0.307 e. The molecule has 0 aliphatic carbocycles. The first kappa shape index (κ1) is 11.4. The fourth-order valence-electron chi connectivity index (χ4n) is 0.850. The van der Waals surface area contributed by atoms with E-state index < -0.39 is 0 Å². The van der Waals surface area contributed by atoms with Crippen molar-refractivity contribution in [1.82, 2.24) is 5.32 Å². The monoisotopic (exact) mass is 173 g/mol. The molecule has 0 aliphatic rings. The molecule has 0 bridgehead atoms. The van der Waals surface area contributed by atoms with Gasteiger partial charge in [-0.15, -0.1) is 0 Å². The number of esters is 1. The summed E-state index contributed by atoms with van der Waals surface area (Å²) >= 11 is 0. The second-order valence-electron chi connectivity index (χ2n) is 2.66. The molecule has 0 saturated heterocycles. The van der Waals surface area contributed by atoms with E-state index in [2.05, 4.69) is 12.2 Å². The lowest BCUT2D eigenvalue weighted by molar-refractivity contribution is -0.142. The first-order valence-electron chi connectivity index (χ1n) is 4.67. The quantitative estimate of drug-likeness (QED) is 0.466. The van der Waals surface area contributed by atoms with Crippen LogP contribution in [0.2, 0.25) is 0 Å². The third kappa shape index (κ3) is 7.54. The lowest BCUT2D eigenvalue weighted by atomic mass is 10.3. The van der Waals surface area contributed by atoms with Gasteiger partial charge in [0.25, 0.3) is 0 Å². The van der Waals surface area contributed by atoms with Gasteiger partial charge in [0.1, 0.15) is 0 Å². The highest BCUT2D eigenvalue weighted by Gasteiger charge is 1.98. The number of unbranched alkanes of at least 4 members (excludes halogenated alkanes) is 1. The molecule has 0 aromatic heterocycles. The summed E-state index contributed by atoms with van der Waals surface area (Å²) in [6.07, 6.45) is 2.84. The van der Waals surface area contributed by atoms with Crippen LogP contribution in [0.3, 0.4) is 0 Å². The first-order chi connectivity index (χ1) is 5.81. The summed E-state index contributed by atoms with van der Waals surface area (Å²) in [6.45, 7) is 6.18. The molecule has 72 valence electrons. The Hall–Kier alpha value is -0.570. The topological polar surface area (TPSA) is 38.3 Å². The number of ether oxygens (including phenoxy) is 1. The lowest BCUT2D eigenvalue weighted by Crippen LogP contribution is -2.20. The van der Waals surface area contributed by atoms with Crippen LogP contribution in [0, 0.1) is 0 Å². The van der Waals surface area contributed by atoms with Gasteiger partial charge in [-0.25, -0.2) is 0 Å². The molecular weight excluding hydrogens is 154 g/mol. The molecule has 12 heavy (non-hydrogen) atoms. The minimum atomic E-state index is -0.110. The maximum absolute atomic E-state index is 10.8. The molecule has 3 nitrogen and oxygen atoms in total. The summed E-state index contributed by atoms with van der Waals surface area (Å²) in [5.74, 6) is -0.110. The molecule has 0 atom stereocenters. The van der Waals surface area contributed by atoms with Crippen LogP contribution in [0.25, 0.3) is 0 Å². The summed E-state index contributed by atoms with van der Waals surface area (Å²) in [4.78, 5) is 10.8. The lowest BCUT2D eigenvalue weighted by Gasteiger charge is -2.02. The molecule has 3 heteroatoms. The van der Waals surface area contributed by atoms with Crippen molar-refractivity contribution < 1.29 is 9.53 Å². The Morgan fingerprint density at radius 2 is 2.08 bits per heavy atom. The molecule has 0 fully saturated rings. The highest BCUT2D eigenvalue weighted by atomic mass is 16.5. The van der Waals surface area contributed by atoms with Gasteiger partial charge in [-0.05, 0) is 19.9 Å². The Bertz CT molecular complexity index is 115. The summed E-state index contributed by atoms with van der Waals surface area (Å²) in [7, 11) is 0. The van der Waals surface area contributed by atoms with Gasteiger partial charge in [-0.3, -0.25) is 4.79 Å². The minimum Gasteiger partial charge on any atom is -0.466 e. The van der Waals surface area contributed by atoms with Gasteiger partial charge in [0.2, 0.25) is 0 Å². The molecule has 0 rings (SSSR count). The van der Waals surface area contributed by atoms with Crippen LogP contribution in [0.15, 0.2) is 0 Å². The van der Waals surface area contributed by atoms with Crippen molar-refractivity contribution in [1.29, 1.82) is 0 Å². The third-order valence-corrected chi connectivity index (χ3v) is 1.52. The molecule has 0 unspecified atom stereocenters. The number of carbonyl (C=O) groups excluding carboxylic acids is 1. The molecule has 0 aromatic carbocycles. The van der Waals surface area contributed by atoms with Crippen molar-refractivity contribution in [2.24, 2.45) is 0 Å². The zero-order chi connectivity index (χ0) is 9.23. The van der Waals surface area contributed by atoms with E-state index >= 15 is 0 Å². The van der Waals surface area contributed by atoms with E-state index in [1.54, 1.807) is 0 Å². The van der Waals surface area contributed by atoms with E-state index in [4.69, 9.17) is 4.74 Å². The van der Waals surface area contributed by atoms with Crippen molar-refractivity contribution in [2.45, 2.75) is 33.1 Å². The Labute approximate surface area is 74.5 Å². The van der Waals surface area contributed by atoms with E-state index in [0.717, 1.165) is 13.1 Å². The maximum atomic E-state index is 10.8. The zero-order valence-electron chi connectivity index (χ0n) is 8.06. The molecule has 0 amide bonds. The van der Waals surface area contributed by atoms with Crippen molar-refractivity contribution in [3.63, 3.8) is 0 Å². The Morgan fingerprint density at radius 1 is 1.33 bits per heavy atom. The SMILES string of the molecule is CCCCNCCC(=O)OCC. The molecule has 1 N–H and O–H groups in total. The third-order valence-electron chi connectivity index (χ3n) is 1.52. The second-order valence-corrected chi connectivity index (χ2v) is 2.66. The average Bonchev–Trinajstić information content (AvgIpc) is 2.05. The van der Waals surface area contributed by atoms with Crippen molar-refractivity contribution in [3.05, 3.63) is 0 Å². The van der Waals surface area contributed by atoms with Crippen LogP contribution in [0.1, 0.15) is 33.1 Å². The Morgan fingerprint density at radius 3 is 2.67 bits per heavy atom. The van der Waals surface area contributed by atoms with Crippen molar-refractivity contribution in [3.8, 4) is 0 Å². The van der Waals surface area contributed by atoms with Gasteiger partial charge in [0.05, 0.1) is 13.0 Å². The highest BCUT2D eigenvalue weighted by molar-refractivity contribution is 5.69. The predicted octanol–water partition coefficient (Wildman–Crippen LogP) is 1.33. The van der Waals surface area contributed by atoms with E-state index in [-0.39, 0.29) is 5.97 Å². The zero-order valence-corrected chi connectivity index (χ0v) is 8.06. The minimum absolute atomic E-state index is 0.110. The van der Waals surface area contributed by atoms with Crippen LogP contribution in [-0.2, 0) is 9.53 Å². The molecule has 0 aliphatic heterocycles. The average molecular weight is 173 g/mol. The molecule has 0 radical (unpaired) electrons. The molecule has 0 saturated carbocycles. The van der Waals surface area contributed by atoms with Gasteiger partial charge >= 0.3 is 5.97 Å². The number of carbonyl (C=O) groups is 1. The molecular formula is C9H19NO2. The van der Waals surface area contributed by atoms with Gasteiger partial charge < -0.3 is 10.1 Å². The van der Waals surface area contributed by atoms with Gasteiger partial charge in [0, 0.05) is 6.54 Å². The highest BCUT2D eigenvalue weighted by Crippen LogP contribution is 1.86. The fraction of sp³-hybridized carbons (Fsp3) is 0.889. The standard InChI is InChI=1S/C9H19NO2/c1-3-5-7-10-8-6-9(11)12-4-2/h10H,3-8H2,1-2H3. The van der Waals surface area contributed by atoms with E-state index in [9.17, 15) is 4.79 Å². The largest absolute Gasteiger partial charge is 0.466 e. The van der Waals surface area contributed by atoms with Crippen LogP contribution in [-0.4, -0.2) is 25.7 Å². The number of nitrogens with one attached hydrogen (secondary N) is 1. The number of rotatable bonds is 7. The molecule has 0 heterocycles. The van der Waals surface area contributed by atoms with Gasteiger partial charge in [-0.2, -0.15) is 0 Å². The smallest absolute Gasteiger partial charge is 0.307 e. The van der Waals surface area contributed by atoms with Gasteiger partial charge in [0.15, 0.2) is 0 Å². The molecule has 0 aromatic rings. The predicted molar refractivity (Wildman–Crippen MR) is 49.0 cm³/mol. The number of hydrogen-bond acceptors (Lipinski definition) is 3. The van der Waals surface area contributed by atoms with E-state index in [1.807, 2.05) is 6.92 Å². The van der Waals surface area contributed by atoms with Crippen LogP contribution in [0.5, 0.6) is 0 Å². The molecule has 0 spiro atoms. The normalized spacial score (nSPS) is 9.83. The summed E-state index contributed by atoms with van der Waals surface area (Å²) in [5, 5.41) is 3.17. The second kappa shape index (κ2) is 8.53. The Kier molecular flexibility index (Phi) is 8.12. The van der Waals surface area contributed by atoms with E-state index in [1.165, 1.54) is 12.8 Å². The number of hydrogen-bond donors (Lipinski definition) is 1. The summed E-state index contributed by atoms with van der Waals surface area (Å²) in [6, 6.07) is 0. The summed E-state index contributed by atoms with van der Waals surface area (Å²) in [5.41, 5.74) is 0. The van der Waals surface area contributed by atoms with Crippen LogP contribution < -0.4 is 5.32 Å². The Balaban J connectivity index is 3.03. The summed E-state index contributed by atoms with van der Waals surface area (Å²) < 4.78 is 4.77. The van der Waals surface area contributed by atoms with Crippen LogP contribution >= 0.6 is 0 Å². The van der Waals surface area contributed by atoms with Crippen LogP contribution in [0.4, 0.5) is 0 Å². The van der Waals surface area contributed by atoms with E-state index in [0.29, 0.717) is 13.0 Å². The fourth-order valence-corrected chi connectivity index (χ4v) is 0.850.